The lowest BCUT2D eigenvalue weighted by Gasteiger charge is -2.14. The quantitative estimate of drug-likeness (QED) is 0.663. The number of halogens is 2. The van der Waals surface area contributed by atoms with Gasteiger partial charge in [-0.2, -0.15) is 0 Å². The van der Waals surface area contributed by atoms with E-state index in [4.69, 9.17) is 11.6 Å². The van der Waals surface area contributed by atoms with Gasteiger partial charge in [-0.05, 0) is 31.0 Å². The van der Waals surface area contributed by atoms with Gasteiger partial charge in [0.25, 0.3) is 0 Å². The summed E-state index contributed by atoms with van der Waals surface area (Å²) < 4.78 is 12.9. The van der Waals surface area contributed by atoms with Crippen molar-refractivity contribution >= 4 is 17.4 Å². The molecule has 0 spiro atoms. The van der Waals surface area contributed by atoms with Crippen molar-refractivity contribution in [3.8, 4) is 0 Å². The van der Waals surface area contributed by atoms with Crippen molar-refractivity contribution < 1.29 is 9.18 Å². The number of rotatable bonds is 6. The lowest BCUT2D eigenvalue weighted by atomic mass is 9.90. The summed E-state index contributed by atoms with van der Waals surface area (Å²) in [6.07, 6.45) is 3.66. The molecule has 0 bridgehead atoms. The van der Waals surface area contributed by atoms with Gasteiger partial charge in [0.1, 0.15) is 5.82 Å². The van der Waals surface area contributed by atoms with Crippen LogP contribution in [0.5, 0.6) is 0 Å². The summed E-state index contributed by atoms with van der Waals surface area (Å²) in [5.41, 5.74) is 0.444. The van der Waals surface area contributed by atoms with Gasteiger partial charge in [0.15, 0.2) is 5.78 Å². The number of ketones is 1. The minimum atomic E-state index is -0.408. The Morgan fingerprint density at radius 2 is 1.88 bits per heavy atom. The van der Waals surface area contributed by atoms with Crippen LogP contribution < -0.4 is 0 Å². The number of carbonyl (C=O) groups excluding carboxylic acids is 1. The largest absolute Gasteiger partial charge is 0.294 e. The molecule has 0 aromatic heterocycles. The standard InChI is InChI=1S/C14H18ClFO/c1-3-5-10(6-4-2)14(17)12-8-7-11(16)9-13(12)15/h7-10H,3-6H2,1-2H3. The molecule has 0 atom stereocenters. The average molecular weight is 257 g/mol. The van der Waals surface area contributed by atoms with Gasteiger partial charge in [-0.3, -0.25) is 4.79 Å². The summed E-state index contributed by atoms with van der Waals surface area (Å²) in [5.74, 6) is -0.360. The first-order valence-corrected chi connectivity index (χ1v) is 6.47. The summed E-state index contributed by atoms with van der Waals surface area (Å²) in [4.78, 5) is 12.2. The van der Waals surface area contributed by atoms with Crippen molar-refractivity contribution in [2.75, 3.05) is 0 Å². The van der Waals surface area contributed by atoms with E-state index in [1.165, 1.54) is 18.2 Å². The van der Waals surface area contributed by atoms with E-state index in [0.717, 1.165) is 25.7 Å². The molecule has 0 aliphatic rings. The minimum absolute atomic E-state index is 0.00737. The highest BCUT2D eigenvalue weighted by atomic mass is 35.5. The molecule has 0 radical (unpaired) electrons. The molecule has 94 valence electrons. The van der Waals surface area contributed by atoms with Crippen LogP contribution in [0.3, 0.4) is 0 Å². The van der Waals surface area contributed by atoms with Crippen LogP contribution in [-0.4, -0.2) is 5.78 Å². The zero-order chi connectivity index (χ0) is 12.8. The zero-order valence-electron chi connectivity index (χ0n) is 10.3. The predicted octanol–water partition coefficient (Wildman–Crippen LogP) is 4.88. The number of Topliss-reactive ketones (excluding diaryl/α,β-unsaturated/α-hetero) is 1. The van der Waals surface area contributed by atoms with Gasteiger partial charge in [0.05, 0.1) is 5.02 Å². The van der Waals surface area contributed by atoms with E-state index in [9.17, 15) is 9.18 Å². The fourth-order valence-corrected chi connectivity index (χ4v) is 2.27. The van der Waals surface area contributed by atoms with Crippen LogP contribution in [0.4, 0.5) is 4.39 Å². The van der Waals surface area contributed by atoms with Crippen molar-refractivity contribution in [2.24, 2.45) is 5.92 Å². The lowest BCUT2D eigenvalue weighted by molar-refractivity contribution is 0.0905. The summed E-state index contributed by atoms with van der Waals surface area (Å²) in [6, 6.07) is 3.97. The molecule has 0 aliphatic heterocycles. The second kappa shape index (κ2) is 6.75. The Kier molecular flexibility index (Phi) is 5.63. The molecule has 1 nitrogen and oxygen atoms in total. The monoisotopic (exact) mass is 256 g/mol. The van der Waals surface area contributed by atoms with Gasteiger partial charge in [0, 0.05) is 11.5 Å². The third-order valence-electron chi connectivity index (χ3n) is 2.84. The van der Waals surface area contributed by atoms with Crippen LogP contribution >= 0.6 is 11.6 Å². The number of hydrogen-bond donors (Lipinski definition) is 0. The van der Waals surface area contributed by atoms with Gasteiger partial charge >= 0.3 is 0 Å². The highest BCUT2D eigenvalue weighted by Gasteiger charge is 2.20. The fraction of sp³-hybridized carbons (Fsp3) is 0.500. The average Bonchev–Trinajstić information content (AvgIpc) is 2.28. The molecule has 0 N–H and O–H groups in total. The maximum Gasteiger partial charge on any atom is 0.167 e. The molecule has 0 unspecified atom stereocenters. The van der Waals surface area contributed by atoms with E-state index in [1.54, 1.807) is 0 Å². The van der Waals surface area contributed by atoms with Crippen LogP contribution in [0.25, 0.3) is 0 Å². The highest BCUT2D eigenvalue weighted by molar-refractivity contribution is 6.34. The molecule has 0 fully saturated rings. The summed E-state index contributed by atoms with van der Waals surface area (Å²) in [6.45, 7) is 4.12. The number of carbonyl (C=O) groups is 1. The molecule has 1 aromatic rings. The first-order chi connectivity index (χ1) is 8.10. The van der Waals surface area contributed by atoms with Crippen LogP contribution in [0, 0.1) is 11.7 Å². The molecule has 0 heterocycles. The molecule has 0 saturated heterocycles. The lowest BCUT2D eigenvalue weighted by Crippen LogP contribution is -2.15. The smallest absolute Gasteiger partial charge is 0.167 e. The van der Waals surface area contributed by atoms with Crippen LogP contribution in [-0.2, 0) is 0 Å². The van der Waals surface area contributed by atoms with E-state index in [1.807, 2.05) is 0 Å². The molecule has 0 aliphatic carbocycles. The van der Waals surface area contributed by atoms with Gasteiger partial charge < -0.3 is 0 Å². The van der Waals surface area contributed by atoms with E-state index in [0.29, 0.717) is 5.56 Å². The van der Waals surface area contributed by atoms with Gasteiger partial charge in [-0.25, -0.2) is 4.39 Å². The number of benzene rings is 1. The van der Waals surface area contributed by atoms with Crippen LogP contribution in [0.2, 0.25) is 5.02 Å². The molecule has 0 saturated carbocycles. The second-order valence-corrected chi connectivity index (χ2v) is 4.67. The van der Waals surface area contributed by atoms with E-state index in [-0.39, 0.29) is 16.7 Å². The van der Waals surface area contributed by atoms with Crippen molar-refractivity contribution in [3.05, 3.63) is 34.6 Å². The Bertz CT molecular complexity index is 384. The Hall–Kier alpha value is -0.890. The third kappa shape index (κ3) is 3.81. The third-order valence-corrected chi connectivity index (χ3v) is 3.15. The normalized spacial score (nSPS) is 10.9. The molecular formula is C14H18ClFO. The molecular weight excluding hydrogens is 239 g/mol. The van der Waals surface area contributed by atoms with E-state index >= 15 is 0 Å². The Balaban J connectivity index is 2.92. The SMILES string of the molecule is CCCC(CCC)C(=O)c1ccc(F)cc1Cl. The van der Waals surface area contributed by atoms with Crippen molar-refractivity contribution in [1.82, 2.24) is 0 Å². The Morgan fingerprint density at radius 1 is 1.29 bits per heavy atom. The minimum Gasteiger partial charge on any atom is -0.294 e. The fourth-order valence-electron chi connectivity index (χ4n) is 2.01. The van der Waals surface area contributed by atoms with Gasteiger partial charge in [-0.1, -0.05) is 38.3 Å². The molecule has 1 aromatic carbocycles. The first kappa shape index (κ1) is 14.2. The summed E-state index contributed by atoms with van der Waals surface area (Å²) >= 11 is 5.91. The number of hydrogen-bond acceptors (Lipinski definition) is 1. The zero-order valence-corrected chi connectivity index (χ0v) is 11.1. The van der Waals surface area contributed by atoms with Crippen molar-refractivity contribution in [3.63, 3.8) is 0 Å². The van der Waals surface area contributed by atoms with E-state index < -0.39 is 5.82 Å². The molecule has 0 amide bonds. The van der Waals surface area contributed by atoms with E-state index in [2.05, 4.69) is 13.8 Å². The Labute approximate surface area is 107 Å². The maximum absolute atomic E-state index is 12.9. The van der Waals surface area contributed by atoms with Crippen molar-refractivity contribution in [1.29, 1.82) is 0 Å². The first-order valence-electron chi connectivity index (χ1n) is 6.09. The second-order valence-electron chi connectivity index (χ2n) is 4.26. The predicted molar refractivity (Wildman–Crippen MR) is 69.0 cm³/mol. The molecule has 17 heavy (non-hydrogen) atoms. The topological polar surface area (TPSA) is 17.1 Å². The maximum atomic E-state index is 12.9. The molecule has 3 heteroatoms. The van der Waals surface area contributed by atoms with Crippen LogP contribution in [0.1, 0.15) is 49.9 Å². The van der Waals surface area contributed by atoms with Crippen LogP contribution in [0.15, 0.2) is 18.2 Å². The molecule has 1 rings (SSSR count). The van der Waals surface area contributed by atoms with Crippen molar-refractivity contribution in [2.45, 2.75) is 39.5 Å². The highest BCUT2D eigenvalue weighted by Crippen LogP contribution is 2.25. The Morgan fingerprint density at radius 3 is 2.35 bits per heavy atom. The van der Waals surface area contributed by atoms with Gasteiger partial charge in [0.2, 0.25) is 0 Å². The van der Waals surface area contributed by atoms with Gasteiger partial charge in [-0.15, -0.1) is 0 Å². The summed E-state index contributed by atoms with van der Waals surface area (Å²) in [7, 11) is 0. The summed E-state index contributed by atoms with van der Waals surface area (Å²) in [5, 5.41) is 0.215.